The lowest BCUT2D eigenvalue weighted by molar-refractivity contribution is 0.302. The van der Waals surface area contributed by atoms with Crippen LogP contribution in [0.1, 0.15) is 59.9 Å². The lowest BCUT2D eigenvalue weighted by Crippen LogP contribution is -2.36. The molecule has 0 saturated heterocycles. The number of nitrogens with one attached hydrogen (secondary N) is 1. The molecule has 0 unspecified atom stereocenters. The molecular formula is C15H26ClN3. The quantitative estimate of drug-likeness (QED) is 0.795. The van der Waals surface area contributed by atoms with Crippen LogP contribution in [-0.4, -0.2) is 15.5 Å². The van der Waals surface area contributed by atoms with E-state index < -0.39 is 0 Å². The molecule has 1 heterocycles. The van der Waals surface area contributed by atoms with Crippen molar-refractivity contribution in [3.05, 3.63) is 17.0 Å². The van der Waals surface area contributed by atoms with Crippen LogP contribution in [0.15, 0.2) is 6.33 Å². The van der Waals surface area contributed by atoms with Crippen molar-refractivity contribution in [2.45, 2.75) is 66.3 Å². The SMILES string of the molecule is CCCc1c(Cl)ncnc1NC(C)(C)CC(C)(C)C. The smallest absolute Gasteiger partial charge is 0.137 e. The van der Waals surface area contributed by atoms with Crippen LogP contribution >= 0.6 is 11.6 Å². The minimum absolute atomic E-state index is 0.0293. The van der Waals surface area contributed by atoms with Crippen molar-refractivity contribution >= 4 is 17.4 Å². The van der Waals surface area contributed by atoms with Crippen LogP contribution in [-0.2, 0) is 6.42 Å². The first-order chi connectivity index (χ1) is 8.64. The van der Waals surface area contributed by atoms with Gasteiger partial charge in [0.15, 0.2) is 0 Å². The van der Waals surface area contributed by atoms with Crippen molar-refractivity contribution < 1.29 is 0 Å². The summed E-state index contributed by atoms with van der Waals surface area (Å²) in [6.07, 6.45) is 4.50. The van der Waals surface area contributed by atoms with E-state index in [-0.39, 0.29) is 11.0 Å². The summed E-state index contributed by atoms with van der Waals surface area (Å²) < 4.78 is 0. The van der Waals surface area contributed by atoms with Crippen molar-refractivity contribution in [2.24, 2.45) is 5.41 Å². The summed E-state index contributed by atoms with van der Waals surface area (Å²) in [5.41, 5.74) is 1.25. The monoisotopic (exact) mass is 283 g/mol. The van der Waals surface area contributed by atoms with Crippen molar-refractivity contribution in [1.82, 2.24) is 9.97 Å². The van der Waals surface area contributed by atoms with E-state index in [0.29, 0.717) is 5.15 Å². The molecule has 1 N–H and O–H groups in total. The summed E-state index contributed by atoms with van der Waals surface area (Å²) >= 11 is 6.18. The predicted octanol–water partition coefficient (Wildman–Crippen LogP) is 4.71. The molecule has 0 amide bonds. The van der Waals surface area contributed by atoms with Gasteiger partial charge >= 0.3 is 0 Å². The lowest BCUT2D eigenvalue weighted by atomic mass is 9.82. The second kappa shape index (κ2) is 6.08. The van der Waals surface area contributed by atoms with Gasteiger partial charge in [-0.25, -0.2) is 9.97 Å². The van der Waals surface area contributed by atoms with Gasteiger partial charge in [-0.15, -0.1) is 0 Å². The van der Waals surface area contributed by atoms with Crippen LogP contribution < -0.4 is 5.32 Å². The van der Waals surface area contributed by atoms with Gasteiger partial charge in [-0.05, 0) is 32.1 Å². The molecule has 0 aliphatic carbocycles. The van der Waals surface area contributed by atoms with Gasteiger partial charge in [0, 0.05) is 11.1 Å². The first-order valence-corrected chi connectivity index (χ1v) is 7.30. The van der Waals surface area contributed by atoms with Crippen LogP contribution in [0.5, 0.6) is 0 Å². The largest absolute Gasteiger partial charge is 0.365 e. The molecule has 0 radical (unpaired) electrons. The van der Waals surface area contributed by atoms with Gasteiger partial charge in [0.1, 0.15) is 17.3 Å². The van der Waals surface area contributed by atoms with E-state index in [0.717, 1.165) is 30.6 Å². The molecule has 19 heavy (non-hydrogen) atoms. The topological polar surface area (TPSA) is 37.8 Å². The molecule has 0 aromatic carbocycles. The Morgan fingerprint density at radius 1 is 1.16 bits per heavy atom. The Morgan fingerprint density at radius 3 is 2.32 bits per heavy atom. The van der Waals surface area contributed by atoms with Crippen LogP contribution in [0.25, 0.3) is 0 Å². The van der Waals surface area contributed by atoms with Gasteiger partial charge in [0.05, 0.1) is 0 Å². The number of hydrogen-bond acceptors (Lipinski definition) is 3. The lowest BCUT2D eigenvalue weighted by Gasteiger charge is -2.34. The molecule has 1 aromatic heterocycles. The standard InChI is InChI=1S/C15H26ClN3/c1-7-8-11-12(16)17-10-18-13(11)19-15(5,6)9-14(2,3)4/h10H,7-9H2,1-6H3,(H,17,18,19). The van der Waals surface area contributed by atoms with Gasteiger partial charge in [0.2, 0.25) is 0 Å². The van der Waals surface area contributed by atoms with Crippen LogP contribution in [0.3, 0.4) is 0 Å². The molecule has 0 aliphatic rings. The third-order valence-corrected chi connectivity index (χ3v) is 3.15. The molecule has 1 rings (SSSR count). The average Bonchev–Trinajstić information content (AvgIpc) is 2.19. The summed E-state index contributed by atoms with van der Waals surface area (Å²) in [5, 5.41) is 4.09. The fourth-order valence-corrected chi connectivity index (χ4v) is 2.89. The summed E-state index contributed by atoms with van der Waals surface area (Å²) in [6.45, 7) is 13.3. The minimum Gasteiger partial charge on any atom is -0.365 e. The highest BCUT2D eigenvalue weighted by atomic mass is 35.5. The predicted molar refractivity (Wildman–Crippen MR) is 82.8 cm³/mol. The molecule has 0 aliphatic heterocycles. The highest BCUT2D eigenvalue weighted by molar-refractivity contribution is 6.30. The first-order valence-electron chi connectivity index (χ1n) is 6.92. The second-order valence-corrected chi connectivity index (χ2v) is 7.35. The molecule has 0 bridgehead atoms. The third kappa shape index (κ3) is 5.35. The molecule has 4 heteroatoms. The molecule has 0 spiro atoms. The Labute approximate surface area is 122 Å². The van der Waals surface area contributed by atoms with E-state index in [1.54, 1.807) is 0 Å². The highest BCUT2D eigenvalue weighted by Crippen LogP contribution is 2.31. The van der Waals surface area contributed by atoms with Crippen molar-refractivity contribution in [1.29, 1.82) is 0 Å². The number of nitrogens with zero attached hydrogens (tertiary/aromatic N) is 2. The Hall–Kier alpha value is -0.830. The maximum absolute atomic E-state index is 6.18. The Balaban J connectivity index is 2.95. The number of aromatic nitrogens is 2. The molecule has 0 saturated carbocycles. The van der Waals surface area contributed by atoms with Crippen LogP contribution in [0.4, 0.5) is 5.82 Å². The summed E-state index contributed by atoms with van der Waals surface area (Å²) in [4.78, 5) is 8.44. The fraction of sp³-hybridized carbons (Fsp3) is 0.733. The normalized spacial score (nSPS) is 12.6. The number of hydrogen-bond donors (Lipinski definition) is 1. The van der Waals surface area contributed by atoms with Gasteiger partial charge in [-0.2, -0.15) is 0 Å². The highest BCUT2D eigenvalue weighted by Gasteiger charge is 2.26. The maximum atomic E-state index is 6.18. The van der Waals surface area contributed by atoms with E-state index in [1.165, 1.54) is 6.33 Å². The van der Waals surface area contributed by atoms with E-state index in [4.69, 9.17) is 11.6 Å². The molecule has 1 aromatic rings. The molecular weight excluding hydrogens is 258 g/mol. The molecule has 3 nitrogen and oxygen atoms in total. The zero-order chi connectivity index (χ0) is 14.7. The summed E-state index contributed by atoms with van der Waals surface area (Å²) in [7, 11) is 0. The van der Waals surface area contributed by atoms with Crippen molar-refractivity contribution in [2.75, 3.05) is 5.32 Å². The van der Waals surface area contributed by atoms with Gasteiger partial charge < -0.3 is 5.32 Å². The zero-order valence-electron chi connectivity index (χ0n) is 13.0. The van der Waals surface area contributed by atoms with Gasteiger partial charge in [-0.1, -0.05) is 45.7 Å². The first kappa shape index (κ1) is 16.2. The van der Waals surface area contributed by atoms with Gasteiger partial charge in [-0.3, -0.25) is 0 Å². The Kier molecular flexibility index (Phi) is 5.19. The van der Waals surface area contributed by atoms with E-state index >= 15 is 0 Å². The van der Waals surface area contributed by atoms with E-state index in [2.05, 4.69) is 56.8 Å². The second-order valence-electron chi connectivity index (χ2n) is 6.99. The van der Waals surface area contributed by atoms with Crippen molar-refractivity contribution in [3.63, 3.8) is 0 Å². The number of rotatable bonds is 5. The number of halogens is 1. The Morgan fingerprint density at radius 2 is 1.79 bits per heavy atom. The fourth-order valence-electron chi connectivity index (χ4n) is 2.66. The van der Waals surface area contributed by atoms with Crippen molar-refractivity contribution in [3.8, 4) is 0 Å². The Bertz CT molecular complexity index is 422. The summed E-state index contributed by atoms with van der Waals surface area (Å²) in [5.74, 6) is 0.871. The molecule has 108 valence electrons. The van der Waals surface area contributed by atoms with E-state index in [9.17, 15) is 0 Å². The average molecular weight is 284 g/mol. The third-order valence-electron chi connectivity index (χ3n) is 2.82. The van der Waals surface area contributed by atoms with E-state index in [1.807, 2.05) is 0 Å². The van der Waals surface area contributed by atoms with Gasteiger partial charge in [0.25, 0.3) is 0 Å². The summed E-state index contributed by atoms with van der Waals surface area (Å²) in [6, 6.07) is 0. The minimum atomic E-state index is -0.0293. The zero-order valence-corrected chi connectivity index (χ0v) is 13.7. The molecule has 0 fully saturated rings. The number of anilines is 1. The maximum Gasteiger partial charge on any atom is 0.137 e. The van der Waals surface area contributed by atoms with Crippen LogP contribution in [0, 0.1) is 5.41 Å². The van der Waals surface area contributed by atoms with Crippen LogP contribution in [0.2, 0.25) is 5.15 Å². The molecule has 0 atom stereocenters.